The molecule has 4 rings (SSSR count). The van der Waals surface area contributed by atoms with Gasteiger partial charge in [-0.05, 0) is 32.1 Å². The van der Waals surface area contributed by atoms with Crippen LogP contribution in [0, 0.1) is 5.41 Å². The lowest BCUT2D eigenvalue weighted by molar-refractivity contribution is 0.0773. The highest BCUT2D eigenvalue weighted by Gasteiger charge is 2.51. The highest BCUT2D eigenvalue weighted by molar-refractivity contribution is 5.94. The molecule has 1 saturated carbocycles. The summed E-state index contributed by atoms with van der Waals surface area (Å²) in [6.07, 6.45) is 10.2. The van der Waals surface area contributed by atoms with E-state index in [4.69, 9.17) is 0 Å². The van der Waals surface area contributed by atoms with Crippen molar-refractivity contribution in [2.24, 2.45) is 5.41 Å². The third-order valence-electron chi connectivity index (χ3n) is 6.04. The van der Waals surface area contributed by atoms with Gasteiger partial charge in [0.2, 0.25) is 0 Å². The van der Waals surface area contributed by atoms with Crippen LogP contribution in [0.4, 0.5) is 0 Å². The van der Waals surface area contributed by atoms with Crippen molar-refractivity contribution in [1.82, 2.24) is 29.4 Å². The summed E-state index contributed by atoms with van der Waals surface area (Å²) in [6.45, 7) is 7.34. The zero-order valence-corrected chi connectivity index (χ0v) is 15.1. The van der Waals surface area contributed by atoms with E-state index < -0.39 is 0 Å². The Morgan fingerprint density at radius 2 is 2.08 bits per heavy atom. The van der Waals surface area contributed by atoms with Gasteiger partial charge in [-0.3, -0.25) is 9.48 Å². The van der Waals surface area contributed by atoms with E-state index in [1.807, 2.05) is 24.3 Å². The Hall–Kier alpha value is -2.18. The minimum Gasteiger partial charge on any atom is -0.337 e. The van der Waals surface area contributed by atoms with Gasteiger partial charge in [0.15, 0.2) is 0 Å². The highest BCUT2D eigenvalue weighted by atomic mass is 16.2. The number of likely N-dealkylation sites (tertiary alicyclic amines) is 1. The monoisotopic (exact) mass is 342 g/mol. The van der Waals surface area contributed by atoms with Gasteiger partial charge in [0.1, 0.15) is 12.2 Å². The Bertz CT molecular complexity index is 757. The third kappa shape index (κ3) is 2.65. The predicted molar refractivity (Wildman–Crippen MR) is 93.1 cm³/mol. The van der Waals surface area contributed by atoms with Gasteiger partial charge in [-0.2, -0.15) is 5.10 Å². The molecule has 1 aliphatic heterocycles. The zero-order valence-electron chi connectivity index (χ0n) is 15.1. The molecule has 1 atom stereocenters. The normalized spacial score (nSPS) is 22.2. The van der Waals surface area contributed by atoms with Crippen LogP contribution < -0.4 is 0 Å². The third-order valence-corrected chi connectivity index (χ3v) is 6.04. The van der Waals surface area contributed by atoms with Gasteiger partial charge in [0.05, 0.1) is 11.8 Å². The molecule has 7 heteroatoms. The quantitative estimate of drug-likeness (QED) is 0.855. The first-order valence-electron chi connectivity index (χ1n) is 9.36. The maximum absolute atomic E-state index is 13.0. The van der Waals surface area contributed by atoms with Crippen molar-refractivity contribution in [1.29, 1.82) is 0 Å². The summed E-state index contributed by atoms with van der Waals surface area (Å²) in [6, 6.07) is 0. The molecule has 25 heavy (non-hydrogen) atoms. The fourth-order valence-electron chi connectivity index (χ4n) is 4.67. The molecule has 2 aliphatic rings. The summed E-state index contributed by atoms with van der Waals surface area (Å²) in [5.41, 5.74) is 0.851. The summed E-state index contributed by atoms with van der Waals surface area (Å²) in [5, 5.41) is 12.8. The molecule has 7 nitrogen and oxygen atoms in total. The second-order valence-corrected chi connectivity index (χ2v) is 7.37. The van der Waals surface area contributed by atoms with Crippen molar-refractivity contribution in [3.8, 4) is 0 Å². The van der Waals surface area contributed by atoms with Crippen LogP contribution in [-0.2, 0) is 13.1 Å². The largest absolute Gasteiger partial charge is 0.337 e. The molecule has 0 aromatic carbocycles. The second kappa shape index (κ2) is 6.28. The number of hydrogen-bond acceptors (Lipinski definition) is 4. The molecule has 0 bridgehead atoms. The van der Waals surface area contributed by atoms with Crippen LogP contribution in [0.2, 0.25) is 0 Å². The summed E-state index contributed by atoms with van der Waals surface area (Å²) in [4.78, 5) is 15.0. The van der Waals surface area contributed by atoms with Gasteiger partial charge in [-0.1, -0.05) is 12.8 Å². The van der Waals surface area contributed by atoms with Crippen molar-refractivity contribution < 1.29 is 4.79 Å². The van der Waals surface area contributed by atoms with E-state index in [9.17, 15) is 4.79 Å². The lowest BCUT2D eigenvalue weighted by Gasteiger charge is -2.29. The van der Waals surface area contributed by atoms with Crippen LogP contribution in [0.5, 0.6) is 0 Å². The summed E-state index contributed by atoms with van der Waals surface area (Å²) in [7, 11) is 0. The van der Waals surface area contributed by atoms with Gasteiger partial charge >= 0.3 is 0 Å². The van der Waals surface area contributed by atoms with Crippen molar-refractivity contribution in [3.05, 3.63) is 30.1 Å². The predicted octanol–water partition coefficient (Wildman–Crippen LogP) is 2.31. The molecule has 2 aromatic rings. The standard InChI is InChI=1S/C18H26N6O/c1-3-22-13-19-21-16(22)15-11-23(12-18(15)7-5-6-8-18)17(25)14-9-20-24(4-2)10-14/h9-10,13,15H,3-8,11-12H2,1-2H3. The smallest absolute Gasteiger partial charge is 0.257 e. The van der Waals surface area contributed by atoms with Crippen LogP contribution in [0.25, 0.3) is 0 Å². The van der Waals surface area contributed by atoms with Crippen LogP contribution in [0.3, 0.4) is 0 Å². The van der Waals surface area contributed by atoms with Crippen LogP contribution in [0.15, 0.2) is 18.7 Å². The summed E-state index contributed by atoms with van der Waals surface area (Å²) >= 11 is 0. The SMILES string of the molecule is CCn1cc(C(=O)N2CC(c3nncn3CC)C3(CCCC3)C2)cn1. The van der Waals surface area contributed by atoms with Gasteiger partial charge in [0.25, 0.3) is 5.91 Å². The second-order valence-electron chi connectivity index (χ2n) is 7.37. The molecule has 1 spiro atoms. The van der Waals surface area contributed by atoms with Gasteiger partial charge in [-0.25, -0.2) is 0 Å². The van der Waals surface area contributed by atoms with E-state index in [1.54, 1.807) is 10.9 Å². The van der Waals surface area contributed by atoms with Crippen molar-refractivity contribution in [2.45, 2.75) is 58.5 Å². The van der Waals surface area contributed by atoms with E-state index >= 15 is 0 Å². The molecule has 134 valence electrons. The summed E-state index contributed by atoms with van der Waals surface area (Å²) in [5.74, 6) is 1.42. The number of carbonyl (C=O) groups excluding carboxylic acids is 1. The zero-order chi connectivity index (χ0) is 17.4. The number of hydrogen-bond donors (Lipinski definition) is 0. The Morgan fingerprint density at radius 1 is 1.28 bits per heavy atom. The first kappa shape index (κ1) is 16.3. The van der Waals surface area contributed by atoms with E-state index in [2.05, 4.69) is 26.8 Å². The fraction of sp³-hybridized carbons (Fsp3) is 0.667. The molecule has 1 aliphatic carbocycles. The Balaban J connectivity index is 1.63. The van der Waals surface area contributed by atoms with Gasteiger partial charge < -0.3 is 9.47 Å². The number of aryl methyl sites for hydroxylation is 2. The first-order valence-corrected chi connectivity index (χ1v) is 9.36. The minimum absolute atomic E-state index is 0.0936. The molecular formula is C18H26N6O. The number of nitrogens with zero attached hydrogens (tertiary/aromatic N) is 6. The molecule has 2 fully saturated rings. The fourth-order valence-corrected chi connectivity index (χ4v) is 4.67. The Labute approximate surface area is 148 Å². The number of carbonyl (C=O) groups is 1. The Morgan fingerprint density at radius 3 is 2.76 bits per heavy atom. The van der Waals surface area contributed by atoms with E-state index in [-0.39, 0.29) is 17.2 Å². The van der Waals surface area contributed by atoms with Crippen LogP contribution in [-0.4, -0.2) is 48.4 Å². The maximum Gasteiger partial charge on any atom is 0.257 e. The van der Waals surface area contributed by atoms with Crippen LogP contribution in [0.1, 0.15) is 61.6 Å². The average molecular weight is 342 g/mol. The first-order chi connectivity index (χ1) is 12.2. The van der Waals surface area contributed by atoms with E-state index in [1.165, 1.54) is 25.7 Å². The van der Waals surface area contributed by atoms with Crippen LogP contribution >= 0.6 is 0 Å². The number of amides is 1. The van der Waals surface area contributed by atoms with Crippen molar-refractivity contribution in [2.75, 3.05) is 13.1 Å². The summed E-state index contributed by atoms with van der Waals surface area (Å²) < 4.78 is 3.94. The molecule has 1 amide bonds. The molecule has 0 radical (unpaired) electrons. The molecular weight excluding hydrogens is 316 g/mol. The molecule has 1 saturated heterocycles. The number of rotatable bonds is 4. The van der Waals surface area contributed by atoms with Crippen molar-refractivity contribution in [3.63, 3.8) is 0 Å². The highest BCUT2D eigenvalue weighted by Crippen LogP contribution is 2.53. The lowest BCUT2D eigenvalue weighted by Crippen LogP contribution is -2.31. The Kier molecular flexibility index (Phi) is 4.09. The minimum atomic E-state index is 0.0936. The van der Waals surface area contributed by atoms with E-state index in [0.29, 0.717) is 5.56 Å². The maximum atomic E-state index is 13.0. The molecule has 1 unspecified atom stereocenters. The topological polar surface area (TPSA) is 68.8 Å². The molecule has 2 aromatic heterocycles. The van der Waals surface area contributed by atoms with E-state index in [0.717, 1.165) is 32.0 Å². The van der Waals surface area contributed by atoms with Crippen molar-refractivity contribution >= 4 is 5.91 Å². The lowest BCUT2D eigenvalue weighted by atomic mass is 9.76. The van der Waals surface area contributed by atoms with Gasteiger partial charge in [0, 0.05) is 38.3 Å². The van der Waals surface area contributed by atoms with Gasteiger partial charge in [-0.15, -0.1) is 10.2 Å². The number of aromatic nitrogens is 5. The molecule has 0 N–H and O–H groups in total. The molecule has 3 heterocycles. The average Bonchev–Trinajstić information content (AvgIpc) is 3.42.